The van der Waals surface area contributed by atoms with E-state index in [-0.39, 0.29) is 18.6 Å². The van der Waals surface area contributed by atoms with Crippen molar-refractivity contribution in [3.63, 3.8) is 0 Å². The largest absolute Gasteiger partial charge is 0.493 e. The number of para-hydroxylation sites is 4. The Morgan fingerprint density at radius 1 is 1.00 bits per heavy atom. The van der Waals surface area contributed by atoms with Gasteiger partial charge in [-0.25, -0.2) is 4.98 Å². The number of hydrogen-bond donors (Lipinski definition) is 0. The molecule has 8 nitrogen and oxygen atoms in total. The van der Waals surface area contributed by atoms with Crippen LogP contribution in [0.25, 0.3) is 11.0 Å². The highest BCUT2D eigenvalue weighted by atomic mass is 16.7. The smallest absolute Gasteiger partial charge is 0.231 e. The first-order chi connectivity index (χ1) is 17.2. The summed E-state index contributed by atoms with van der Waals surface area (Å²) in [5, 5.41) is 0. The summed E-state index contributed by atoms with van der Waals surface area (Å²) < 4.78 is 24.5. The molecule has 0 bridgehead atoms. The summed E-state index contributed by atoms with van der Waals surface area (Å²) in [4.78, 5) is 19.8. The van der Waals surface area contributed by atoms with Crippen molar-refractivity contribution in [3.05, 3.63) is 72.6 Å². The number of aromatic nitrogens is 2. The van der Waals surface area contributed by atoms with E-state index in [4.69, 9.17) is 23.9 Å². The maximum absolute atomic E-state index is 13.0. The standard InChI is InChI=1S/C27H25N3O5/c1-32-22-8-4-5-9-23(22)33-13-12-29-21-7-3-2-6-20(21)28-27(29)18-14-26(31)30(16-18)19-10-11-24-25(15-19)35-17-34-24/h2-11,15,18H,12-14,16-17H2,1H3. The fraction of sp³-hybridized carbons (Fsp3) is 0.259. The second kappa shape index (κ2) is 8.87. The quantitative estimate of drug-likeness (QED) is 0.398. The third-order valence-corrected chi connectivity index (χ3v) is 6.48. The van der Waals surface area contributed by atoms with Gasteiger partial charge in [0, 0.05) is 30.6 Å². The molecule has 1 unspecified atom stereocenters. The van der Waals surface area contributed by atoms with Gasteiger partial charge >= 0.3 is 0 Å². The number of benzene rings is 3. The van der Waals surface area contributed by atoms with Crippen molar-refractivity contribution in [2.45, 2.75) is 18.9 Å². The zero-order chi connectivity index (χ0) is 23.8. The predicted molar refractivity (Wildman–Crippen MR) is 130 cm³/mol. The summed E-state index contributed by atoms with van der Waals surface area (Å²) in [5.74, 6) is 3.69. The van der Waals surface area contributed by atoms with Crippen molar-refractivity contribution >= 4 is 22.6 Å². The third kappa shape index (κ3) is 3.90. The van der Waals surface area contributed by atoms with Crippen LogP contribution in [0, 0.1) is 0 Å². The zero-order valence-corrected chi connectivity index (χ0v) is 19.3. The molecule has 1 amide bonds. The van der Waals surface area contributed by atoms with Crippen LogP contribution in [-0.4, -0.2) is 42.5 Å². The van der Waals surface area contributed by atoms with Crippen LogP contribution in [0.4, 0.5) is 5.69 Å². The minimum Gasteiger partial charge on any atom is -0.493 e. The van der Waals surface area contributed by atoms with Crippen LogP contribution >= 0.6 is 0 Å². The van der Waals surface area contributed by atoms with E-state index in [1.54, 1.807) is 7.11 Å². The van der Waals surface area contributed by atoms with Gasteiger partial charge in [-0.15, -0.1) is 0 Å². The van der Waals surface area contributed by atoms with E-state index in [0.717, 1.165) is 22.5 Å². The lowest BCUT2D eigenvalue weighted by molar-refractivity contribution is -0.117. The van der Waals surface area contributed by atoms with Gasteiger partial charge in [0.15, 0.2) is 23.0 Å². The van der Waals surface area contributed by atoms with Gasteiger partial charge in [-0.3, -0.25) is 4.79 Å². The maximum Gasteiger partial charge on any atom is 0.231 e. The highest BCUT2D eigenvalue weighted by Gasteiger charge is 2.35. The first-order valence-corrected chi connectivity index (χ1v) is 11.6. The molecule has 2 aliphatic rings. The first kappa shape index (κ1) is 21.3. The summed E-state index contributed by atoms with van der Waals surface area (Å²) >= 11 is 0. The second-order valence-electron chi connectivity index (χ2n) is 8.55. The van der Waals surface area contributed by atoms with Crippen molar-refractivity contribution in [1.82, 2.24) is 9.55 Å². The molecule has 3 heterocycles. The average Bonchev–Trinajstić information content (AvgIpc) is 3.60. The Hall–Kier alpha value is -4.20. The predicted octanol–water partition coefficient (Wildman–Crippen LogP) is 4.37. The highest BCUT2D eigenvalue weighted by molar-refractivity contribution is 5.97. The molecule has 0 N–H and O–H groups in total. The fourth-order valence-corrected chi connectivity index (χ4v) is 4.81. The molecular formula is C27H25N3O5. The Bertz CT molecular complexity index is 1400. The van der Waals surface area contributed by atoms with Gasteiger partial charge in [-0.2, -0.15) is 0 Å². The van der Waals surface area contributed by atoms with E-state index in [1.807, 2.05) is 65.6 Å². The number of carbonyl (C=O) groups is 1. The molecule has 0 radical (unpaired) electrons. The van der Waals surface area contributed by atoms with Crippen molar-refractivity contribution in [3.8, 4) is 23.0 Å². The van der Waals surface area contributed by atoms with Crippen LogP contribution in [0.1, 0.15) is 18.2 Å². The Morgan fingerprint density at radius 3 is 2.69 bits per heavy atom. The highest BCUT2D eigenvalue weighted by Crippen LogP contribution is 2.39. The van der Waals surface area contributed by atoms with Gasteiger partial charge in [-0.05, 0) is 36.4 Å². The lowest BCUT2D eigenvalue weighted by atomic mass is 10.1. The molecule has 2 aliphatic heterocycles. The van der Waals surface area contributed by atoms with E-state index in [1.165, 1.54) is 0 Å². The molecule has 1 fully saturated rings. The van der Waals surface area contributed by atoms with Crippen LogP contribution in [0.5, 0.6) is 23.0 Å². The molecule has 8 heteroatoms. The van der Waals surface area contributed by atoms with Crippen LogP contribution in [-0.2, 0) is 11.3 Å². The zero-order valence-electron chi connectivity index (χ0n) is 19.3. The molecule has 178 valence electrons. The van der Waals surface area contributed by atoms with E-state index < -0.39 is 0 Å². The van der Waals surface area contributed by atoms with E-state index >= 15 is 0 Å². The van der Waals surface area contributed by atoms with E-state index in [9.17, 15) is 4.79 Å². The summed E-state index contributed by atoms with van der Waals surface area (Å²) in [7, 11) is 1.63. The number of fused-ring (bicyclic) bond motifs is 2. The minimum absolute atomic E-state index is 0.0356. The lowest BCUT2D eigenvalue weighted by Crippen LogP contribution is -2.24. The number of ether oxygens (including phenoxy) is 4. The van der Waals surface area contributed by atoms with E-state index in [0.29, 0.717) is 49.1 Å². The topological polar surface area (TPSA) is 75.1 Å². The number of methoxy groups -OCH3 is 1. The van der Waals surface area contributed by atoms with Crippen molar-refractivity contribution in [2.24, 2.45) is 0 Å². The number of carbonyl (C=O) groups excluding carboxylic acids is 1. The monoisotopic (exact) mass is 471 g/mol. The van der Waals surface area contributed by atoms with Crippen molar-refractivity contribution < 1.29 is 23.7 Å². The number of imidazole rings is 1. The van der Waals surface area contributed by atoms with Gasteiger partial charge in [-0.1, -0.05) is 24.3 Å². The number of anilines is 1. The van der Waals surface area contributed by atoms with Crippen LogP contribution in [0.2, 0.25) is 0 Å². The number of hydrogen-bond acceptors (Lipinski definition) is 6. The molecule has 1 saturated heterocycles. The summed E-state index contributed by atoms with van der Waals surface area (Å²) in [6.45, 7) is 1.80. The normalized spacial score (nSPS) is 16.8. The summed E-state index contributed by atoms with van der Waals surface area (Å²) in [5.41, 5.74) is 2.75. The van der Waals surface area contributed by atoms with Crippen LogP contribution in [0.3, 0.4) is 0 Å². The van der Waals surface area contributed by atoms with Gasteiger partial charge in [0.25, 0.3) is 0 Å². The molecule has 0 saturated carbocycles. The average molecular weight is 472 g/mol. The molecule has 6 rings (SSSR count). The Labute approximate surface area is 202 Å². The molecule has 3 aromatic carbocycles. The molecule has 1 aromatic heterocycles. The Balaban J connectivity index is 1.26. The summed E-state index contributed by atoms with van der Waals surface area (Å²) in [6.07, 6.45) is 0.394. The minimum atomic E-state index is -0.0356. The molecule has 1 atom stereocenters. The van der Waals surface area contributed by atoms with Crippen molar-refractivity contribution in [1.29, 1.82) is 0 Å². The Morgan fingerprint density at radius 2 is 1.80 bits per heavy atom. The number of nitrogens with zero attached hydrogens (tertiary/aromatic N) is 3. The molecule has 4 aromatic rings. The van der Waals surface area contributed by atoms with Gasteiger partial charge in [0.2, 0.25) is 12.7 Å². The molecule has 0 aliphatic carbocycles. The molecule has 35 heavy (non-hydrogen) atoms. The first-order valence-electron chi connectivity index (χ1n) is 11.6. The summed E-state index contributed by atoms with van der Waals surface area (Å²) in [6, 6.07) is 21.3. The molecular weight excluding hydrogens is 446 g/mol. The van der Waals surface area contributed by atoms with Gasteiger partial charge in [0.1, 0.15) is 12.4 Å². The van der Waals surface area contributed by atoms with Gasteiger partial charge < -0.3 is 28.4 Å². The van der Waals surface area contributed by atoms with Gasteiger partial charge in [0.05, 0.1) is 24.7 Å². The molecule has 0 spiro atoms. The van der Waals surface area contributed by atoms with Crippen molar-refractivity contribution in [2.75, 3.05) is 32.0 Å². The fourth-order valence-electron chi connectivity index (χ4n) is 4.81. The maximum atomic E-state index is 13.0. The SMILES string of the molecule is COc1ccccc1OCCn1c(C2CC(=O)N(c3ccc4c(c3)OCO4)C2)nc2ccccc21. The number of amides is 1. The van der Waals surface area contributed by atoms with Crippen LogP contribution in [0.15, 0.2) is 66.7 Å². The van der Waals surface area contributed by atoms with E-state index in [2.05, 4.69) is 10.6 Å². The third-order valence-electron chi connectivity index (χ3n) is 6.48. The van der Waals surface area contributed by atoms with Crippen LogP contribution < -0.4 is 23.8 Å². The lowest BCUT2D eigenvalue weighted by Gasteiger charge is -2.18. The Kier molecular flexibility index (Phi) is 5.41. The second-order valence-corrected chi connectivity index (χ2v) is 8.55. The number of rotatable bonds is 7.